The average Bonchev–Trinajstić information content (AvgIpc) is 2.49. The van der Waals surface area contributed by atoms with Crippen LogP contribution in [0.5, 0.6) is 0 Å². The first kappa shape index (κ1) is 15.0. The van der Waals surface area contributed by atoms with Crippen LogP contribution in [0.25, 0.3) is 0 Å². The number of nitriles is 1. The van der Waals surface area contributed by atoms with Gasteiger partial charge in [-0.25, -0.2) is 13.4 Å². The summed E-state index contributed by atoms with van der Waals surface area (Å²) in [6.07, 6.45) is 1.91. The quantitative estimate of drug-likeness (QED) is 0.941. The fourth-order valence-electron chi connectivity index (χ4n) is 1.97. The van der Waals surface area contributed by atoms with Gasteiger partial charge < -0.3 is 0 Å². The molecule has 0 aliphatic heterocycles. The minimum absolute atomic E-state index is 0.0341. The molecule has 21 heavy (non-hydrogen) atoms. The Hall–Kier alpha value is -2.39. The predicted octanol–water partition coefficient (Wildman–Crippen LogP) is 2.62. The second-order valence-corrected chi connectivity index (χ2v) is 6.24. The van der Waals surface area contributed by atoms with E-state index < -0.39 is 10.0 Å². The first-order valence-corrected chi connectivity index (χ1v) is 7.93. The summed E-state index contributed by atoms with van der Waals surface area (Å²) >= 11 is 0. The molecule has 1 N–H and O–H groups in total. The fourth-order valence-corrected chi connectivity index (χ4v) is 3.09. The van der Waals surface area contributed by atoms with Crippen molar-refractivity contribution in [1.82, 2.24) is 4.98 Å². The molecule has 0 bridgehead atoms. The van der Waals surface area contributed by atoms with Crippen LogP contribution in [0.4, 0.5) is 5.69 Å². The summed E-state index contributed by atoms with van der Waals surface area (Å²) in [4.78, 5) is 3.82. The van der Waals surface area contributed by atoms with Crippen molar-refractivity contribution in [1.29, 1.82) is 5.26 Å². The van der Waals surface area contributed by atoms with Crippen molar-refractivity contribution < 1.29 is 8.42 Å². The molecule has 0 saturated carbocycles. The zero-order chi connectivity index (χ0) is 15.5. The van der Waals surface area contributed by atoms with Gasteiger partial charge in [-0.3, -0.25) is 4.72 Å². The highest BCUT2D eigenvalue weighted by molar-refractivity contribution is 7.92. The highest BCUT2D eigenvalue weighted by atomic mass is 32.2. The molecule has 2 rings (SSSR count). The summed E-state index contributed by atoms with van der Waals surface area (Å²) in [5, 5.41) is 8.69. The molecular weight excluding hydrogens is 286 g/mol. The van der Waals surface area contributed by atoms with Crippen molar-refractivity contribution in [2.24, 2.45) is 0 Å². The lowest BCUT2D eigenvalue weighted by atomic mass is 10.1. The van der Waals surface area contributed by atoms with Crippen LogP contribution < -0.4 is 4.72 Å². The topological polar surface area (TPSA) is 82.9 Å². The van der Waals surface area contributed by atoms with Crippen molar-refractivity contribution >= 4 is 15.7 Å². The number of para-hydroxylation sites is 1. The van der Waals surface area contributed by atoms with Crippen molar-refractivity contribution in [3.05, 3.63) is 53.3 Å². The second-order valence-electron chi connectivity index (χ2n) is 4.56. The number of rotatable bonds is 4. The number of hydrogen-bond acceptors (Lipinski definition) is 4. The van der Waals surface area contributed by atoms with Gasteiger partial charge in [0.15, 0.2) is 0 Å². The Kier molecular flexibility index (Phi) is 4.24. The molecule has 0 saturated heterocycles. The van der Waals surface area contributed by atoms with E-state index >= 15 is 0 Å². The maximum absolute atomic E-state index is 12.4. The zero-order valence-electron chi connectivity index (χ0n) is 11.8. The maximum atomic E-state index is 12.4. The minimum atomic E-state index is -3.72. The van der Waals surface area contributed by atoms with Crippen molar-refractivity contribution in [3.63, 3.8) is 0 Å². The molecule has 1 aromatic carbocycles. The van der Waals surface area contributed by atoms with E-state index in [9.17, 15) is 8.42 Å². The summed E-state index contributed by atoms with van der Waals surface area (Å²) < 4.78 is 27.4. The summed E-state index contributed by atoms with van der Waals surface area (Å²) in [5.41, 5.74) is 2.57. The first-order valence-electron chi connectivity index (χ1n) is 6.45. The van der Waals surface area contributed by atoms with Gasteiger partial charge in [-0.15, -0.1) is 0 Å². The molecule has 5 nitrogen and oxygen atoms in total. The lowest BCUT2D eigenvalue weighted by molar-refractivity contribution is 0.600. The van der Waals surface area contributed by atoms with Gasteiger partial charge in [-0.2, -0.15) is 5.26 Å². The average molecular weight is 301 g/mol. The van der Waals surface area contributed by atoms with Gasteiger partial charge in [0, 0.05) is 6.20 Å². The molecular formula is C15H15N3O2S. The van der Waals surface area contributed by atoms with E-state index in [0.29, 0.717) is 5.69 Å². The number of anilines is 1. The van der Waals surface area contributed by atoms with Gasteiger partial charge in [-0.1, -0.05) is 25.1 Å². The molecule has 0 fully saturated rings. The Morgan fingerprint density at radius 1 is 1.29 bits per heavy atom. The largest absolute Gasteiger partial charge is 0.279 e. The number of aromatic nitrogens is 1. The van der Waals surface area contributed by atoms with E-state index in [1.165, 1.54) is 18.3 Å². The smallest absolute Gasteiger partial charge is 0.263 e. The number of aryl methyl sites for hydroxylation is 2. The van der Waals surface area contributed by atoms with Gasteiger partial charge in [0.25, 0.3) is 10.0 Å². The molecule has 0 amide bonds. The summed E-state index contributed by atoms with van der Waals surface area (Å²) in [7, 11) is -3.72. The number of nitrogens with zero attached hydrogens (tertiary/aromatic N) is 2. The molecule has 1 heterocycles. The van der Waals surface area contributed by atoms with E-state index in [1.807, 2.05) is 38.1 Å². The molecule has 2 aromatic rings. The highest BCUT2D eigenvalue weighted by Crippen LogP contribution is 2.24. The van der Waals surface area contributed by atoms with E-state index in [1.54, 1.807) is 0 Å². The highest BCUT2D eigenvalue weighted by Gasteiger charge is 2.17. The van der Waals surface area contributed by atoms with Crippen molar-refractivity contribution in [3.8, 4) is 6.07 Å². The third kappa shape index (κ3) is 3.20. The molecule has 0 aliphatic rings. The summed E-state index contributed by atoms with van der Waals surface area (Å²) in [6.45, 7) is 3.82. The Balaban J connectivity index is 2.40. The summed E-state index contributed by atoms with van der Waals surface area (Å²) in [6, 6.07) is 10.3. The SMILES string of the molecule is CCc1cccc(C)c1NS(=O)(=O)c1ccc(C#N)nc1. The van der Waals surface area contributed by atoms with Crippen molar-refractivity contribution in [2.45, 2.75) is 25.2 Å². The molecule has 6 heteroatoms. The summed E-state index contributed by atoms with van der Waals surface area (Å²) in [5.74, 6) is 0. The van der Waals surface area contributed by atoms with Crippen molar-refractivity contribution in [2.75, 3.05) is 4.72 Å². The number of pyridine rings is 1. The number of sulfonamides is 1. The lowest BCUT2D eigenvalue weighted by Crippen LogP contribution is -2.15. The van der Waals surface area contributed by atoms with Gasteiger partial charge in [0.2, 0.25) is 0 Å². The third-order valence-electron chi connectivity index (χ3n) is 3.14. The van der Waals surface area contributed by atoms with E-state index in [2.05, 4.69) is 9.71 Å². The van der Waals surface area contributed by atoms with Gasteiger partial charge in [0.1, 0.15) is 16.7 Å². The predicted molar refractivity (Wildman–Crippen MR) is 80.3 cm³/mol. The Morgan fingerprint density at radius 2 is 2.05 bits per heavy atom. The van der Waals surface area contributed by atoms with Crippen LogP contribution in [0, 0.1) is 18.3 Å². The normalized spacial score (nSPS) is 10.9. The maximum Gasteiger partial charge on any atom is 0.263 e. The molecule has 0 spiro atoms. The Bertz CT molecular complexity index is 791. The number of benzene rings is 1. The standard InChI is InChI=1S/C15H15N3O2S/c1-3-12-6-4-5-11(2)15(12)18-21(19,20)14-8-7-13(9-16)17-10-14/h4-8,10,18H,3H2,1-2H3. The van der Waals surface area contributed by atoms with Gasteiger partial charge in [0.05, 0.1) is 5.69 Å². The third-order valence-corrected chi connectivity index (χ3v) is 4.47. The molecule has 108 valence electrons. The van der Waals surface area contributed by atoms with Gasteiger partial charge >= 0.3 is 0 Å². The van der Waals surface area contributed by atoms with Crippen LogP contribution >= 0.6 is 0 Å². The van der Waals surface area contributed by atoms with E-state index in [-0.39, 0.29) is 10.6 Å². The van der Waals surface area contributed by atoms with Crippen LogP contribution in [-0.4, -0.2) is 13.4 Å². The van der Waals surface area contributed by atoms with Crippen LogP contribution in [0.3, 0.4) is 0 Å². The molecule has 0 unspecified atom stereocenters. The zero-order valence-corrected chi connectivity index (χ0v) is 12.6. The number of nitrogens with one attached hydrogen (secondary N) is 1. The van der Waals surface area contributed by atoms with Crippen LogP contribution in [0.15, 0.2) is 41.4 Å². The Labute approximate surface area is 124 Å². The Morgan fingerprint density at radius 3 is 2.62 bits per heavy atom. The van der Waals surface area contributed by atoms with Crippen LogP contribution in [0.2, 0.25) is 0 Å². The lowest BCUT2D eigenvalue weighted by Gasteiger charge is -2.14. The fraction of sp³-hybridized carbons (Fsp3) is 0.200. The number of hydrogen-bond donors (Lipinski definition) is 1. The van der Waals surface area contributed by atoms with E-state index in [0.717, 1.165) is 17.5 Å². The molecule has 1 aromatic heterocycles. The van der Waals surface area contributed by atoms with Gasteiger partial charge in [-0.05, 0) is 36.6 Å². The van der Waals surface area contributed by atoms with Crippen LogP contribution in [0.1, 0.15) is 23.7 Å². The minimum Gasteiger partial charge on any atom is -0.279 e. The molecule has 0 radical (unpaired) electrons. The first-order chi connectivity index (χ1) is 9.97. The monoisotopic (exact) mass is 301 g/mol. The second kappa shape index (κ2) is 5.94. The van der Waals surface area contributed by atoms with Crippen LogP contribution in [-0.2, 0) is 16.4 Å². The molecule has 0 aliphatic carbocycles. The van der Waals surface area contributed by atoms with E-state index in [4.69, 9.17) is 5.26 Å². The molecule has 0 atom stereocenters.